The van der Waals surface area contributed by atoms with E-state index in [-0.39, 0.29) is 0 Å². The lowest BCUT2D eigenvalue weighted by Crippen LogP contribution is -2.45. The first-order valence-corrected chi connectivity index (χ1v) is 9.14. The minimum atomic E-state index is -4.37. The molecule has 0 amide bonds. The summed E-state index contributed by atoms with van der Waals surface area (Å²) in [7, 11) is 1.58. The van der Waals surface area contributed by atoms with E-state index >= 15 is 0 Å². The maximum atomic E-state index is 13.1. The largest absolute Gasteiger partial charge is 0.497 e. The fraction of sp³-hybridized carbons (Fsp3) is 0.350. The second-order valence-corrected chi connectivity index (χ2v) is 7.09. The van der Waals surface area contributed by atoms with Gasteiger partial charge in [0.2, 0.25) is 0 Å². The second kappa shape index (κ2) is 7.76. The molecule has 2 aromatic carbocycles. The van der Waals surface area contributed by atoms with Crippen LogP contribution in [0.4, 0.5) is 18.9 Å². The van der Waals surface area contributed by atoms with Crippen molar-refractivity contribution in [1.82, 2.24) is 5.32 Å². The topological polar surface area (TPSA) is 33.3 Å². The molecule has 1 fully saturated rings. The number of ether oxygens (including phenoxy) is 1. The van der Waals surface area contributed by atoms with E-state index in [1.165, 1.54) is 12.1 Å². The minimum Gasteiger partial charge on any atom is -0.497 e. The molecular weight excluding hydrogens is 373 g/mol. The predicted octanol–water partition coefficient (Wildman–Crippen LogP) is 5.47. The zero-order valence-corrected chi connectivity index (χ0v) is 15.7. The number of halogens is 3. The second-order valence-electron chi connectivity index (χ2n) is 6.68. The van der Waals surface area contributed by atoms with E-state index in [0.29, 0.717) is 16.4 Å². The highest BCUT2D eigenvalue weighted by molar-refractivity contribution is 7.80. The van der Waals surface area contributed by atoms with Crippen molar-refractivity contribution in [2.45, 2.75) is 37.4 Å². The van der Waals surface area contributed by atoms with E-state index in [9.17, 15) is 13.2 Å². The van der Waals surface area contributed by atoms with Crippen LogP contribution in [0, 0.1) is 0 Å². The SMILES string of the molecule is COc1cccc(NC(=S)NC2(c3cccc(C(F)(F)F)c3)CCCC2)c1. The third-order valence-electron chi connectivity index (χ3n) is 4.88. The quantitative estimate of drug-likeness (QED) is 0.674. The van der Waals surface area contributed by atoms with E-state index in [1.807, 2.05) is 18.2 Å². The van der Waals surface area contributed by atoms with Crippen LogP contribution in [0.15, 0.2) is 48.5 Å². The van der Waals surface area contributed by atoms with Gasteiger partial charge in [0, 0.05) is 11.8 Å². The molecule has 7 heteroatoms. The van der Waals surface area contributed by atoms with Crippen LogP contribution < -0.4 is 15.4 Å². The van der Waals surface area contributed by atoms with E-state index < -0.39 is 17.3 Å². The van der Waals surface area contributed by atoms with Gasteiger partial charge in [-0.1, -0.05) is 31.0 Å². The molecule has 0 atom stereocenters. The third kappa shape index (κ3) is 4.53. The van der Waals surface area contributed by atoms with Gasteiger partial charge >= 0.3 is 6.18 Å². The maximum Gasteiger partial charge on any atom is 0.416 e. The van der Waals surface area contributed by atoms with Crippen molar-refractivity contribution in [3.05, 3.63) is 59.7 Å². The Labute approximate surface area is 161 Å². The Hall–Kier alpha value is -2.28. The normalized spacial score (nSPS) is 16.0. The van der Waals surface area contributed by atoms with Crippen molar-refractivity contribution in [2.75, 3.05) is 12.4 Å². The summed E-state index contributed by atoms with van der Waals surface area (Å²) >= 11 is 5.45. The first-order chi connectivity index (χ1) is 12.8. The molecule has 0 unspecified atom stereocenters. The summed E-state index contributed by atoms with van der Waals surface area (Å²) in [6.45, 7) is 0. The molecule has 0 radical (unpaired) electrons. The predicted molar refractivity (Wildman–Crippen MR) is 104 cm³/mol. The molecule has 0 aliphatic heterocycles. The van der Waals surface area contributed by atoms with Crippen LogP contribution in [0.3, 0.4) is 0 Å². The van der Waals surface area contributed by atoms with Crippen LogP contribution in [-0.2, 0) is 11.7 Å². The molecule has 0 bridgehead atoms. The number of alkyl halides is 3. The molecule has 0 saturated heterocycles. The minimum absolute atomic E-state index is 0.377. The molecule has 2 N–H and O–H groups in total. The standard InChI is InChI=1S/C20H21F3N2OS/c1-26-17-9-5-8-16(13-17)24-18(27)25-19(10-2-3-11-19)14-6-4-7-15(12-14)20(21,22)23/h4-9,12-13H,2-3,10-11H2,1H3,(H2,24,25,27). The van der Waals surface area contributed by atoms with Crippen LogP contribution in [-0.4, -0.2) is 12.2 Å². The first kappa shape index (κ1) is 19.5. The number of hydrogen-bond acceptors (Lipinski definition) is 2. The summed E-state index contributed by atoms with van der Waals surface area (Å²) in [5, 5.41) is 6.76. The average Bonchev–Trinajstić information content (AvgIpc) is 3.11. The van der Waals surface area contributed by atoms with Crippen LogP contribution in [0.1, 0.15) is 36.8 Å². The summed E-state index contributed by atoms with van der Waals surface area (Å²) < 4.78 is 44.6. The molecule has 144 valence electrons. The lowest BCUT2D eigenvalue weighted by molar-refractivity contribution is -0.137. The maximum absolute atomic E-state index is 13.1. The van der Waals surface area contributed by atoms with Gasteiger partial charge < -0.3 is 15.4 Å². The highest BCUT2D eigenvalue weighted by Gasteiger charge is 2.38. The number of anilines is 1. The van der Waals surface area contributed by atoms with Crippen molar-refractivity contribution in [3.63, 3.8) is 0 Å². The highest BCUT2D eigenvalue weighted by atomic mass is 32.1. The number of hydrogen-bond donors (Lipinski definition) is 2. The molecule has 1 saturated carbocycles. The van der Waals surface area contributed by atoms with Gasteiger partial charge in [-0.05, 0) is 54.9 Å². The Morgan fingerprint density at radius 3 is 2.44 bits per heavy atom. The fourth-order valence-corrected chi connectivity index (χ4v) is 3.85. The molecule has 3 rings (SSSR count). The van der Waals surface area contributed by atoms with E-state index in [1.54, 1.807) is 19.2 Å². The Bertz CT molecular complexity index is 817. The number of rotatable bonds is 4. The van der Waals surface area contributed by atoms with Crippen LogP contribution >= 0.6 is 12.2 Å². The van der Waals surface area contributed by atoms with Crippen molar-refractivity contribution in [1.29, 1.82) is 0 Å². The van der Waals surface area contributed by atoms with Crippen molar-refractivity contribution in [2.24, 2.45) is 0 Å². The summed E-state index contributed by atoms with van der Waals surface area (Å²) in [4.78, 5) is 0. The summed E-state index contributed by atoms with van der Waals surface area (Å²) in [6.07, 6.45) is -1.03. The molecule has 27 heavy (non-hydrogen) atoms. The van der Waals surface area contributed by atoms with E-state index in [2.05, 4.69) is 10.6 Å². The van der Waals surface area contributed by atoms with Gasteiger partial charge in [0.25, 0.3) is 0 Å². The van der Waals surface area contributed by atoms with Gasteiger partial charge in [0.15, 0.2) is 5.11 Å². The monoisotopic (exact) mass is 394 g/mol. The Balaban J connectivity index is 1.82. The van der Waals surface area contributed by atoms with E-state index in [0.717, 1.165) is 37.4 Å². The zero-order chi connectivity index (χ0) is 19.5. The number of methoxy groups -OCH3 is 1. The molecule has 2 aromatic rings. The highest BCUT2D eigenvalue weighted by Crippen LogP contribution is 2.41. The third-order valence-corrected chi connectivity index (χ3v) is 5.08. The van der Waals surface area contributed by atoms with E-state index in [4.69, 9.17) is 17.0 Å². The first-order valence-electron chi connectivity index (χ1n) is 8.73. The fourth-order valence-electron chi connectivity index (χ4n) is 3.54. The van der Waals surface area contributed by atoms with Gasteiger partial charge in [-0.25, -0.2) is 0 Å². The van der Waals surface area contributed by atoms with Gasteiger partial charge in [-0.3, -0.25) is 0 Å². The Morgan fingerprint density at radius 2 is 1.78 bits per heavy atom. The smallest absolute Gasteiger partial charge is 0.416 e. The van der Waals surface area contributed by atoms with Gasteiger partial charge in [0.1, 0.15) is 5.75 Å². The summed E-state index contributed by atoms with van der Waals surface area (Å²) in [5.41, 5.74) is 0.137. The van der Waals surface area contributed by atoms with Gasteiger partial charge in [0.05, 0.1) is 18.2 Å². The van der Waals surface area contributed by atoms with Gasteiger partial charge in [-0.15, -0.1) is 0 Å². The Morgan fingerprint density at radius 1 is 1.07 bits per heavy atom. The number of benzene rings is 2. The van der Waals surface area contributed by atoms with Crippen molar-refractivity contribution < 1.29 is 17.9 Å². The number of thiocarbonyl (C=S) groups is 1. The van der Waals surface area contributed by atoms with Crippen LogP contribution in [0.2, 0.25) is 0 Å². The molecule has 3 nitrogen and oxygen atoms in total. The molecule has 1 aliphatic carbocycles. The lowest BCUT2D eigenvalue weighted by Gasteiger charge is -2.33. The lowest BCUT2D eigenvalue weighted by atomic mass is 9.87. The van der Waals surface area contributed by atoms with Crippen molar-refractivity contribution >= 4 is 23.0 Å². The zero-order valence-electron chi connectivity index (χ0n) is 14.9. The summed E-state index contributed by atoms with van der Waals surface area (Å²) in [6, 6.07) is 12.8. The van der Waals surface area contributed by atoms with Crippen LogP contribution in [0.5, 0.6) is 5.75 Å². The molecule has 0 aromatic heterocycles. The molecule has 0 heterocycles. The number of nitrogens with one attached hydrogen (secondary N) is 2. The van der Waals surface area contributed by atoms with Crippen molar-refractivity contribution in [3.8, 4) is 5.75 Å². The van der Waals surface area contributed by atoms with Crippen LogP contribution in [0.25, 0.3) is 0 Å². The molecule has 1 aliphatic rings. The Kier molecular flexibility index (Phi) is 5.60. The molecular formula is C20H21F3N2OS. The van der Waals surface area contributed by atoms with Gasteiger partial charge in [-0.2, -0.15) is 13.2 Å². The molecule has 0 spiro atoms. The average molecular weight is 394 g/mol. The summed E-state index contributed by atoms with van der Waals surface area (Å²) in [5.74, 6) is 0.691.